The maximum Gasteiger partial charge on any atom is 0.260 e. The lowest BCUT2D eigenvalue weighted by atomic mass is 10.1. The lowest BCUT2D eigenvalue weighted by molar-refractivity contribution is -0.135. The van der Waals surface area contributed by atoms with Gasteiger partial charge in [-0.05, 0) is 37.1 Å². The summed E-state index contributed by atoms with van der Waals surface area (Å²) in [6, 6.07) is 18.7. The zero-order valence-corrected chi connectivity index (χ0v) is 15.0. The number of ether oxygens (including phenoxy) is 1. The fraction of sp³-hybridized carbons (Fsp3) is 0.381. The second kappa shape index (κ2) is 8.17. The van der Waals surface area contributed by atoms with Crippen molar-refractivity contribution in [3.8, 4) is 16.9 Å². The predicted molar refractivity (Wildman–Crippen MR) is 101 cm³/mol. The number of benzene rings is 2. The van der Waals surface area contributed by atoms with E-state index in [9.17, 15) is 4.79 Å². The van der Waals surface area contributed by atoms with Crippen molar-refractivity contribution < 1.29 is 9.53 Å². The average molecular weight is 338 g/mol. The van der Waals surface area contributed by atoms with Gasteiger partial charge in [0.15, 0.2) is 6.61 Å². The summed E-state index contributed by atoms with van der Waals surface area (Å²) in [7, 11) is 0. The topological polar surface area (TPSA) is 32.8 Å². The highest BCUT2D eigenvalue weighted by Crippen LogP contribution is 2.22. The van der Waals surface area contributed by atoms with E-state index in [0.29, 0.717) is 6.04 Å². The van der Waals surface area contributed by atoms with Crippen LogP contribution in [0.3, 0.4) is 0 Å². The second-order valence-corrected chi connectivity index (χ2v) is 6.69. The normalized spacial score (nSPS) is 15.4. The van der Waals surface area contributed by atoms with Crippen molar-refractivity contribution in [2.75, 3.05) is 32.8 Å². The molecule has 25 heavy (non-hydrogen) atoms. The molecule has 0 saturated carbocycles. The van der Waals surface area contributed by atoms with Crippen molar-refractivity contribution in [2.45, 2.75) is 19.9 Å². The van der Waals surface area contributed by atoms with E-state index in [4.69, 9.17) is 4.74 Å². The summed E-state index contributed by atoms with van der Waals surface area (Å²) in [6.07, 6.45) is 0. The summed E-state index contributed by atoms with van der Waals surface area (Å²) < 4.78 is 5.68. The molecule has 1 heterocycles. The molecule has 2 aromatic rings. The standard InChI is InChI=1S/C21H26N2O2/c1-17(2)22-12-14-23(15-13-22)21(24)16-25-20-10-8-19(9-11-20)18-6-4-3-5-7-18/h3-11,17H,12-16H2,1-2H3. The molecule has 1 fully saturated rings. The van der Waals surface area contributed by atoms with Crippen LogP contribution in [-0.2, 0) is 4.79 Å². The first kappa shape index (κ1) is 17.5. The molecule has 0 radical (unpaired) electrons. The van der Waals surface area contributed by atoms with Gasteiger partial charge >= 0.3 is 0 Å². The Hall–Kier alpha value is -2.33. The molecule has 2 aromatic carbocycles. The van der Waals surface area contributed by atoms with Gasteiger partial charge in [0, 0.05) is 32.2 Å². The van der Waals surface area contributed by atoms with Crippen LogP contribution < -0.4 is 4.74 Å². The van der Waals surface area contributed by atoms with Crippen LogP contribution in [0.1, 0.15) is 13.8 Å². The van der Waals surface area contributed by atoms with E-state index in [1.807, 2.05) is 47.4 Å². The van der Waals surface area contributed by atoms with Crippen molar-refractivity contribution in [1.29, 1.82) is 0 Å². The molecular weight excluding hydrogens is 312 g/mol. The minimum atomic E-state index is 0.0653. The van der Waals surface area contributed by atoms with Crippen LogP contribution in [0, 0.1) is 0 Å². The van der Waals surface area contributed by atoms with Crippen LogP contribution >= 0.6 is 0 Å². The zero-order valence-electron chi connectivity index (χ0n) is 15.0. The zero-order chi connectivity index (χ0) is 17.6. The fourth-order valence-electron chi connectivity index (χ4n) is 3.10. The van der Waals surface area contributed by atoms with Gasteiger partial charge in [0.25, 0.3) is 5.91 Å². The van der Waals surface area contributed by atoms with E-state index in [-0.39, 0.29) is 12.5 Å². The highest BCUT2D eigenvalue weighted by Gasteiger charge is 2.22. The molecule has 0 atom stereocenters. The second-order valence-electron chi connectivity index (χ2n) is 6.69. The molecule has 4 heteroatoms. The van der Waals surface area contributed by atoms with Gasteiger partial charge in [-0.25, -0.2) is 0 Å². The van der Waals surface area contributed by atoms with Gasteiger partial charge in [-0.1, -0.05) is 42.5 Å². The first-order valence-corrected chi connectivity index (χ1v) is 8.93. The molecule has 0 aliphatic carbocycles. The minimum Gasteiger partial charge on any atom is -0.484 e. The molecule has 1 aliphatic heterocycles. The van der Waals surface area contributed by atoms with E-state index in [1.165, 1.54) is 5.56 Å². The largest absolute Gasteiger partial charge is 0.484 e. The van der Waals surface area contributed by atoms with Gasteiger partial charge in [0.1, 0.15) is 5.75 Å². The van der Waals surface area contributed by atoms with Gasteiger partial charge in [-0.3, -0.25) is 9.69 Å². The van der Waals surface area contributed by atoms with E-state index >= 15 is 0 Å². The highest BCUT2D eigenvalue weighted by atomic mass is 16.5. The minimum absolute atomic E-state index is 0.0653. The quantitative estimate of drug-likeness (QED) is 0.839. The lowest BCUT2D eigenvalue weighted by Crippen LogP contribution is -2.51. The van der Waals surface area contributed by atoms with Crippen molar-refractivity contribution in [1.82, 2.24) is 9.80 Å². The molecule has 1 amide bonds. The maximum atomic E-state index is 12.3. The van der Waals surface area contributed by atoms with Crippen LogP contribution in [0.25, 0.3) is 11.1 Å². The van der Waals surface area contributed by atoms with Gasteiger partial charge in [-0.15, -0.1) is 0 Å². The van der Waals surface area contributed by atoms with Gasteiger partial charge in [0.2, 0.25) is 0 Å². The van der Waals surface area contributed by atoms with E-state index in [1.54, 1.807) is 0 Å². The number of carbonyl (C=O) groups is 1. The van der Waals surface area contributed by atoms with Crippen LogP contribution in [0.4, 0.5) is 0 Å². The van der Waals surface area contributed by atoms with Crippen molar-refractivity contribution in [3.63, 3.8) is 0 Å². The number of rotatable bonds is 5. The van der Waals surface area contributed by atoms with Crippen molar-refractivity contribution in [3.05, 3.63) is 54.6 Å². The molecule has 0 spiro atoms. The molecule has 0 unspecified atom stereocenters. The third-order valence-corrected chi connectivity index (χ3v) is 4.72. The summed E-state index contributed by atoms with van der Waals surface area (Å²) in [5, 5.41) is 0. The first-order chi connectivity index (χ1) is 12.1. The molecule has 0 aromatic heterocycles. The molecule has 0 N–H and O–H groups in total. The molecule has 3 rings (SSSR count). The van der Waals surface area contributed by atoms with Crippen molar-refractivity contribution >= 4 is 5.91 Å². The Morgan fingerprint density at radius 3 is 2.12 bits per heavy atom. The Balaban J connectivity index is 1.49. The van der Waals surface area contributed by atoms with Gasteiger partial charge in [-0.2, -0.15) is 0 Å². The predicted octanol–water partition coefficient (Wildman–Crippen LogP) is 3.29. The number of nitrogens with zero attached hydrogens (tertiary/aromatic N) is 2. The number of carbonyl (C=O) groups excluding carboxylic acids is 1. The lowest BCUT2D eigenvalue weighted by Gasteiger charge is -2.36. The van der Waals surface area contributed by atoms with E-state index in [0.717, 1.165) is 37.5 Å². The van der Waals surface area contributed by atoms with Crippen molar-refractivity contribution in [2.24, 2.45) is 0 Å². The fourth-order valence-corrected chi connectivity index (χ4v) is 3.10. The maximum absolute atomic E-state index is 12.3. The summed E-state index contributed by atoms with van der Waals surface area (Å²) in [6.45, 7) is 7.94. The molecule has 4 nitrogen and oxygen atoms in total. The molecule has 132 valence electrons. The number of piperazine rings is 1. The molecular formula is C21H26N2O2. The highest BCUT2D eigenvalue weighted by molar-refractivity contribution is 5.78. The summed E-state index contributed by atoms with van der Waals surface area (Å²) in [5.74, 6) is 0.796. The third-order valence-electron chi connectivity index (χ3n) is 4.72. The Bertz CT molecular complexity index is 675. The van der Waals surface area contributed by atoms with Crippen LogP contribution in [0.5, 0.6) is 5.75 Å². The van der Waals surface area contributed by atoms with E-state index in [2.05, 4.69) is 30.9 Å². The van der Waals surface area contributed by atoms with Crippen LogP contribution in [0.15, 0.2) is 54.6 Å². The Labute approximate surface area is 150 Å². The Morgan fingerprint density at radius 2 is 1.52 bits per heavy atom. The van der Waals surface area contributed by atoms with E-state index < -0.39 is 0 Å². The molecule has 1 saturated heterocycles. The van der Waals surface area contributed by atoms with Gasteiger partial charge in [0.05, 0.1) is 0 Å². The molecule has 0 bridgehead atoms. The number of hydrogen-bond donors (Lipinski definition) is 0. The SMILES string of the molecule is CC(C)N1CCN(C(=O)COc2ccc(-c3ccccc3)cc2)CC1. The number of amides is 1. The van der Waals surface area contributed by atoms with Gasteiger partial charge < -0.3 is 9.64 Å². The Kier molecular flexibility index (Phi) is 5.71. The number of hydrogen-bond acceptors (Lipinski definition) is 3. The smallest absolute Gasteiger partial charge is 0.260 e. The molecule has 1 aliphatic rings. The third kappa shape index (κ3) is 4.60. The summed E-state index contributed by atoms with van der Waals surface area (Å²) in [5.41, 5.74) is 2.32. The first-order valence-electron chi connectivity index (χ1n) is 8.93. The Morgan fingerprint density at radius 1 is 0.920 bits per heavy atom. The average Bonchev–Trinajstić information content (AvgIpc) is 2.67. The summed E-state index contributed by atoms with van der Waals surface area (Å²) >= 11 is 0. The summed E-state index contributed by atoms with van der Waals surface area (Å²) in [4.78, 5) is 16.6. The van der Waals surface area contributed by atoms with Crippen LogP contribution in [0.2, 0.25) is 0 Å². The monoisotopic (exact) mass is 338 g/mol. The van der Waals surface area contributed by atoms with Crippen LogP contribution in [-0.4, -0.2) is 54.5 Å².